The Labute approximate surface area is 163 Å². The Morgan fingerprint density at radius 1 is 1.26 bits per heavy atom. The number of methoxy groups -OCH3 is 1. The average molecular weight is 391 g/mol. The van der Waals surface area contributed by atoms with E-state index in [0.29, 0.717) is 6.54 Å². The second kappa shape index (κ2) is 9.20. The highest BCUT2D eigenvalue weighted by Crippen LogP contribution is 2.15. The molecular weight excluding hydrogens is 368 g/mol. The number of rotatable bonds is 7. The molecule has 3 aromatic rings. The van der Waals surface area contributed by atoms with Crippen LogP contribution in [0.15, 0.2) is 48.9 Å². The summed E-state index contributed by atoms with van der Waals surface area (Å²) in [4.78, 5) is 12.4. The molecule has 1 atom stereocenters. The predicted octanol–water partition coefficient (Wildman–Crippen LogP) is 1.61. The van der Waals surface area contributed by atoms with E-state index in [4.69, 9.17) is 4.74 Å². The summed E-state index contributed by atoms with van der Waals surface area (Å²) >= 11 is 0. The van der Waals surface area contributed by atoms with Crippen LogP contribution in [0.25, 0.3) is 5.69 Å². The van der Waals surface area contributed by atoms with Crippen molar-refractivity contribution in [3.63, 3.8) is 0 Å². The van der Waals surface area contributed by atoms with Crippen LogP contribution in [0, 0.1) is 0 Å². The zero-order valence-electron chi connectivity index (χ0n) is 15.4. The van der Waals surface area contributed by atoms with Gasteiger partial charge in [-0.3, -0.25) is 9.48 Å². The molecule has 144 valence electrons. The van der Waals surface area contributed by atoms with Gasteiger partial charge >= 0.3 is 0 Å². The third kappa shape index (κ3) is 4.87. The first-order valence-corrected chi connectivity index (χ1v) is 8.23. The molecule has 0 aliphatic carbocycles. The molecule has 1 unspecified atom stereocenters. The lowest BCUT2D eigenvalue weighted by Crippen LogP contribution is -2.35. The SMILES string of the molecule is CNC(C(=O)NCc1ccn(-c2ccc(OC)cc2)n1)c1cnn(C)c1.Cl. The summed E-state index contributed by atoms with van der Waals surface area (Å²) in [5, 5.41) is 14.5. The van der Waals surface area contributed by atoms with E-state index in [1.807, 2.05) is 49.8 Å². The summed E-state index contributed by atoms with van der Waals surface area (Å²) in [6.45, 7) is 0.348. The number of halogens is 1. The number of amides is 1. The van der Waals surface area contributed by atoms with Gasteiger partial charge < -0.3 is 15.4 Å². The number of carbonyl (C=O) groups excluding carboxylic acids is 1. The number of nitrogens with one attached hydrogen (secondary N) is 2. The van der Waals surface area contributed by atoms with Crippen LogP contribution in [0.5, 0.6) is 5.75 Å². The van der Waals surface area contributed by atoms with Crippen LogP contribution < -0.4 is 15.4 Å². The fourth-order valence-corrected chi connectivity index (χ4v) is 2.65. The van der Waals surface area contributed by atoms with Gasteiger partial charge in [-0.25, -0.2) is 4.68 Å². The van der Waals surface area contributed by atoms with Crippen molar-refractivity contribution < 1.29 is 9.53 Å². The minimum atomic E-state index is -0.452. The normalized spacial score (nSPS) is 11.5. The summed E-state index contributed by atoms with van der Waals surface area (Å²) in [5.74, 6) is 0.668. The molecule has 1 aromatic carbocycles. The first kappa shape index (κ1) is 20.5. The van der Waals surface area contributed by atoms with Crippen molar-refractivity contribution in [3.05, 3.63) is 60.2 Å². The van der Waals surface area contributed by atoms with E-state index in [0.717, 1.165) is 22.7 Å². The summed E-state index contributed by atoms with van der Waals surface area (Å²) < 4.78 is 8.59. The molecule has 0 aliphatic rings. The molecule has 1 amide bonds. The summed E-state index contributed by atoms with van der Waals surface area (Å²) in [6, 6.07) is 9.03. The molecule has 8 nitrogen and oxygen atoms in total. The van der Waals surface area contributed by atoms with Crippen molar-refractivity contribution in [2.75, 3.05) is 14.2 Å². The molecular formula is C18H23ClN6O2. The summed E-state index contributed by atoms with van der Waals surface area (Å²) in [7, 11) is 5.20. The predicted molar refractivity (Wildman–Crippen MR) is 104 cm³/mol. The molecule has 0 spiro atoms. The molecule has 0 saturated carbocycles. The van der Waals surface area contributed by atoms with Crippen LogP contribution in [-0.2, 0) is 18.4 Å². The Morgan fingerprint density at radius 3 is 2.59 bits per heavy atom. The van der Waals surface area contributed by atoms with Crippen molar-refractivity contribution in [2.24, 2.45) is 7.05 Å². The van der Waals surface area contributed by atoms with Gasteiger partial charge in [0.25, 0.3) is 0 Å². The molecule has 0 radical (unpaired) electrons. The molecule has 2 heterocycles. The number of benzene rings is 1. The van der Waals surface area contributed by atoms with Gasteiger partial charge in [0.15, 0.2) is 0 Å². The van der Waals surface area contributed by atoms with Gasteiger partial charge in [-0.05, 0) is 37.4 Å². The lowest BCUT2D eigenvalue weighted by molar-refractivity contribution is -0.123. The van der Waals surface area contributed by atoms with Crippen molar-refractivity contribution in [1.82, 2.24) is 30.2 Å². The van der Waals surface area contributed by atoms with E-state index in [2.05, 4.69) is 20.8 Å². The standard InChI is InChI=1S/C18H22N6O2.ClH/c1-19-17(13-10-21-23(2)12-13)18(25)20-11-14-8-9-24(22-14)15-4-6-16(26-3)7-5-15;/h4-10,12,17,19H,11H2,1-3H3,(H,20,25);1H. The van der Waals surface area contributed by atoms with Crippen LogP contribution in [-0.4, -0.2) is 39.6 Å². The van der Waals surface area contributed by atoms with Crippen LogP contribution in [0.1, 0.15) is 17.3 Å². The maximum Gasteiger partial charge on any atom is 0.242 e. The van der Waals surface area contributed by atoms with Gasteiger partial charge in [0.2, 0.25) is 5.91 Å². The second-order valence-electron chi connectivity index (χ2n) is 5.84. The molecule has 0 saturated heterocycles. The molecule has 2 aromatic heterocycles. The monoisotopic (exact) mass is 390 g/mol. The Balaban J connectivity index is 0.00000261. The molecule has 0 bridgehead atoms. The minimum Gasteiger partial charge on any atom is -0.497 e. The second-order valence-corrected chi connectivity index (χ2v) is 5.84. The third-order valence-electron chi connectivity index (χ3n) is 4.03. The van der Waals surface area contributed by atoms with E-state index < -0.39 is 6.04 Å². The highest BCUT2D eigenvalue weighted by Gasteiger charge is 2.20. The van der Waals surface area contributed by atoms with Crippen molar-refractivity contribution in [2.45, 2.75) is 12.6 Å². The zero-order valence-corrected chi connectivity index (χ0v) is 16.2. The number of aromatic nitrogens is 4. The van der Waals surface area contributed by atoms with Gasteiger partial charge in [-0.2, -0.15) is 10.2 Å². The van der Waals surface area contributed by atoms with Crippen LogP contribution in [0.3, 0.4) is 0 Å². The van der Waals surface area contributed by atoms with Gasteiger partial charge in [0.05, 0.1) is 31.2 Å². The maximum atomic E-state index is 12.4. The number of hydrogen-bond acceptors (Lipinski definition) is 5. The fourth-order valence-electron chi connectivity index (χ4n) is 2.65. The van der Waals surface area contributed by atoms with Gasteiger partial charge in [-0.15, -0.1) is 12.4 Å². The molecule has 3 rings (SSSR count). The van der Waals surface area contributed by atoms with Gasteiger partial charge in [-0.1, -0.05) is 0 Å². The van der Waals surface area contributed by atoms with Crippen molar-refractivity contribution >= 4 is 18.3 Å². The molecule has 2 N–H and O–H groups in total. The Bertz CT molecular complexity index is 874. The minimum absolute atomic E-state index is 0. The lowest BCUT2D eigenvalue weighted by Gasteiger charge is -2.13. The largest absolute Gasteiger partial charge is 0.497 e. The number of ether oxygens (including phenoxy) is 1. The number of likely N-dealkylation sites (N-methyl/N-ethyl adjacent to an activating group) is 1. The number of nitrogens with zero attached hydrogens (tertiary/aromatic N) is 4. The molecule has 0 fully saturated rings. The van der Waals surface area contributed by atoms with Gasteiger partial charge in [0, 0.05) is 25.0 Å². The van der Waals surface area contributed by atoms with E-state index in [1.54, 1.807) is 29.7 Å². The van der Waals surface area contributed by atoms with Crippen LogP contribution >= 0.6 is 12.4 Å². The highest BCUT2D eigenvalue weighted by atomic mass is 35.5. The summed E-state index contributed by atoms with van der Waals surface area (Å²) in [5.41, 5.74) is 2.51. The van der Waals surface area contributed by atoms with E-state index >= 15 is 0 Å². The number of carbonyl (C=O) groups is 1. The zero-order chi connectivity index (χ0) is 18.5. The van der Waals surface area contributed by atoms with E-state index in [-0.39, 0.29) is 18.3 Å². The smallest absolute Gasteiger partial charge is 0.242 e. The highest BCUT2D eigenvalue weighted by molar-refractivity contribution is 5.85. The van der Waals surface area contributed by atoms with Gasteiger partial charge in [0.1, 0.15) is 11.8 Å². The summed E-state index contributed by atoms with van der Waals surface area (Å²) in [6.07, 6.45) is 5.36. The topological polar surface area (TPSA) is 86.0 Å². The molecule has 9 heteroatoms. The molecule has 0 aliphatic heterocycles. The molecule has 27 heavy (non-hydrogen) atoms. The van der Waals surface area contributed by atoms with Crippen molar-refractivity contribution in [1.29, 1.82) is 0 Å². The Morgan fingerprint density at radius 2 is 2.00 bits per heavy atom. The van der Waals surface area contributed by atoms with E-state index in [1.165, 1.54) is 0 Å². The number of aryl methyl sites for hydroxylation is 1. The first-order chi connectivity index (χ1) is 12.6. The first-order valence-electron chi connectivity index (χ1n) is 8.23. The lowest BCUT2D eigenvalue weighted by atomic mass is 10.1. The average Bonchev–Trinajstić information content (AvgIpc) is 3.30. The van der Waals surface area contributed by atoms with Crippen molar-refractivity contribution in [3.8, 4) is 11.4 Å². The quantitative estimate of drug-likeness (QED) is 0.640. The number of hydrogen-bond donors (Lipinski definition) is 2. The van der Waals surface area contributed by atoms with Crippen LogP contribution in [0.2, 0.25) is 0 Å². The Hall–Kier alpha value is -2.84. The maximum absolute atomic E-state index is 12.4. The Kier molecular flexibility index (Phi) is 6.98. The van der Waals surface area contributed by atoms with Crippen LogP contribution in [0.4, 0.5) is 0 Å². The third-order valence-corrected chi connectivity index (χ3v) is 4.03. The fraction of sp³-hybridized carbons (Fsp3) is 0.278. The van der Waals surface area contributed by atoms with E-state index in [9.17, 15) is 4.79 Å².